The lowest BCUT2D eigenvalue weighted by Crippen LogP contribution is -2.49. The monoisotopic (exact) mass is 456 g/mol. The molecule has 5 atom stereocenters. The first-order chi connectivity index (χ1) is 15.9. The van der Waals surface area contributed by atoms with Crippen LogP contribution < -0.4 is 5.73 Å². The first kappa shape index (κ1) is 22.6. The summed E-state index contributed by atoms with van der Waals surface area (Å²) in [7, 11) is 1.76. The highest BCUT2D eigenvalue weighted by Gasteiger charge is 2.59. The normalized spacial score (nSPS) is 33.6. The standard InChI is InChI=1S/C25H36N4O4/c1-16-7-19-12-28(5-3-21(19)27-11-16)23(30)25-10-17(8-18-4-6-33-14-22(18)32-2)9-20(25)13-29(15-25)24(26)31/h7,11,17-18,20,22H,3-6,8-10,12-15H2,1-2H3,(H2,26,31)/t17-,18?,20+,22?,25+/m1/s1. The van der Waals surface area contributed by atoms with E-state index in [4.69, 9.17) is 15.2 Å². The summed E-state index contributed by atoms with van der Waals surface area (Å²) in [5.41, 5.74) is 8.49. The van der Waals surface area contributed by atoms with Crippen LogP contribution in [-0.4, -0.2) is 72.8 Å². The SMILES string of the molecule is COC1COCCC1C[C@@H]1C[C@H]2CN(C(N)=O)C[C@@]2(C(=O)N2CCc3ncc(C)cc3C2)C1. The summed E-state index contributed by atoms with van der Waals surface area (Å²) in [6.45, 7) is 5.78. The number of ether oxygens (including phenoxy) is 2. The summed E-state index contributed by atoms with van der Waals surface area (Å²) in [5, 5.41) is 0. The number of fused-ring (bicyclic) bond motifs is 2. The van der Waals surface area contributed by atoms with Crippen LogP contribution in [-0.2, 0) is 27.2 Å². The molecule has 3 fully saturated rings. The van der Waals surface area contributed by atoms with Crippen molar-refractivity contribution >= 4 is 11.9 Å². The van der Waals surface area contributed by atoms with Gasteiger partial charge < -0.3 is 25.0 Å². The molecule has 1 aromatic heterocycles. The van der Waals surface area contributed by atoms with Gasteiger partial charge in [0, 0.05) is 58.2 Å². The molecule has 1 saturated carbocycles. The maximum Gasteiger partial charge on any atom is 0.314 e. The van der Waals surface area contributed by atoms with E-state index in [0.29, 0.717) is 44.6 Å². The number of carbonyl (C=O) groups is 2. The average molecular weight is 457 g/mol. The van der Waals surface area contributed by atoms with Gasteiger partial charge in [-0.15, -0.1) is 0 Å². The third-order valence-corrected chi connectivity index (χ3v) is 8.55. The van der Waals surface area contributed by atoms with Crippen LogP contribution >= 0.6 is 0 Å². The maximum atomic E-state index is 14.1. The number of rotatable bonds is 4. The number of urea groups is 1. The van der Waals surface area contributed by atoms with Crippen LogP contribution in [0.4, 0.5) is 4.79 Å². The summed E-state index contributed by atoms with van der Waals surface area (Å²) in [5.74, 6) is 1.28. The van der Waals surface area contributed by atoms with Gasteiger partial charge in [0.25, 0.3) is 0 Å². The second kappa shape index (κ2) is 8.87. The third kappa shape index (κ3) is 4.12. The summed E-state index contributed by atoms with van der Waals surface area (Å²) >= 11 is 0. The summed E-state index contributed by atoms with van der Waals surface area (Å²) in [6.07, 6.45) is 6.65. The van der Waals surface area contributed by atoms with Crippen LogP contribution in [0.2, 0.25) is 0 Å². The Morgan fingerprint density at radius 2 is 2.21 bits per heavy atom. The van der Waals surface area contributed by atoms with Crippen LogP contribution in [0.15, 0.2) is 12.3 Å². The van der Waals surface area contributed by atoms with Gasteiger partial charge in [0.15, 0.2) is 0 Å². The van der Waals surface area contributed by atoms with Crippen molar-refractivity contribution in [3.8, 4) is 0 Å². The zero-order chi connectivity index (χ0) is 23.2. The molecule has 1 aromatic rings. The highest BCUT2D eigenvalue weighted by Crippen LogP contribution is 2.54. The predicted molar refractivity (Wildman–Crippen MR) is 122 cm³/mol. The quantitative estimate of drug-likeness (QED) is 0.748. The van der Waals surface area contributed by atoms with Gasteiger partial charge in [-0.1, -0.05) is 6.07 Å². The largest absolute Gasteiger partial charge is 0.379 e. The van der Waals surface area contributed by atoms with Crippen molar-refractivity contribution in [2.75, 3.05) is 40.0 Å². The molecule has 2 saturated heterocycles. The Labute approximate surface area is 195 Å². The van der Waals surface area contributed by atoms with Crippen LogP contribution in [0.1, 0.15) is 42.5 Å². The number of nitrogens with zero attached hydrogens (tertiary/aromatic N) is 3. The molecule has 0 radical (unpaired) electrons. The van der Waals surface area contributed by atoms with Gasteiger partial charge in [0.2, 0.25) is 5.91 Å². The zero-order valence-electron chi connectivity index (χ0n) is 19.8. The van der Waals surface area contributed by atoms with Gasteiger partial charge in [0.1, 0.15) is 0 Å². The van der Waals surface area contributed by atoms with Gasteiger partial charge in [-0.2, -0.15) is 0 Å². The van der Waals surface area contributed by atoms with Crippen LogP contribution in [0, 0.1) is 30.1 Å². The molecule has 3 aliphatic heterocycles. The Morgan fingerprint density at radius 1 is 1.36 bits per heavy atom. The maximum absolute atomic E-state index is 14.1. The minimum absolute atomic E-state index is 0.127. The van der Waals surface area contributed by atoms with Crippen molar-refractivity contribution in [2.45, 2.75) is 51.7 Å². The molecule has 4 aliphatic rings. The van der Waals surface area contributed by atoms with Crippen molar-refractivity contribution < 1.29 is 19.1 Å². The fourth-order valence-corrected chi connectivity index (χ4v) is 6.93. The van der Waals surface area contributed by atoms with Crippen molar-refractivity contribution in [3.05, 3.63) is 29.1 Å². The van der Waals surface area contributed by atoms with Crippen molar-refractivity contribution in [1.82, 2.24) is 14.8 Å². The highest BCUT2D eigenvalue weighted by atomic mass is 16.5. The summed E-state index contributed by atoms with van der Waals surface area (Å²) < 4.78 is 11.3. The minimum Gasteiger partial charge on any atom is -0.379 e. The average Bonchev–Trinajstić information content (AvgIpc) is 3.33. The van der Waals surface area contributed by atoms with E-state index in [-0.39, 0.29) is 17.9 Å². The molecule has 5 rings (SSSR count). The number of aryl methyl sites for hydroxylation is 1. The number of likely N-dealkylation sites (tertiary alicyclic amines) is 1. The number of nitrogens with two attached hydrogens (primary N) is 1. The fourth-order valence-electron chi connectivity index (χ4n) is 6.93. The third-order valence-electron chi connectivity index (χ3n) is 8.55. The Hall–Kier alpha value is -2.19. The van der Waals surface area contributed by atoms with E-state index in [1.165, 1.54) is 0 Å². The van der Waals surface area contributed by atoms with E-state index < -0.39 is 11.4 Å². The Kier molecular flexibility index (Phi) is 6.07. The molecule has 0 aromatic carbocycles. The fraction of sp³-hybridized carbons (Fsp3) is 0.720. The molecular weight excluding hydrogens is 420 g/mol. The second-order valence-electron chi connectivity index (χ2n) is 10.6. The number of methoxy groups -OCH3 is 1. The molecule has 0 bridgehead atoms. The van der Waals surface area contributed by atoms with Gasteiger partial charge >= 0.3 is 6.03 Å². The smallest absolute Gasteiger partial charge is 0.314 e. The molecule has 3 amide bonds. The lowest BCUT2D eigenvalue weighted by molar-refractivity contribution is -0.144. The van der Waals surface area contributed by atoms with Crippen LogP contribution in [0.25, 0.3) is 0 Å². The van der Waals surface area contributed by atoms with Crippen molar-refractivity contribution in [1.29, 1.82) is 0 Å². The lowest BCUT2D eigenvalue weighted by atomic mass is 9.78. The Balaban J connectivity index is 1.35. The molecule has 1 aliphatic carbocycles. The van der Waals surface area contributed by atoms with Gasteiger partial charge in [-0.25, -0.2) is 4.79 Å². The second-order valence-corrected chi connectivity index (χ2v) is 10.6. The number of hydrogen-bond donors (Lipinski definition) is 1. The Morgan fingerprint density at radius 3 is 3.00 bits per heavy atom. The minimum atomic E-state index is -0.526. The molecule has 180 valence electrons. The number of aromatic nitrogens is 1. The number of amides is 3. The first-order valence-electron chi connectivity index (χ1n) is 12.3. The van der Waals surface area contributed by atoms with Crippen LogP contribution in [0.3, 0.4) is 0 Å². The van der Waals surface area contributed by atoms with Gasteiger partial charge in [-0.3, -0.25) is 9.78 Å². The molecule has 2 unspecified atom stereocenters. The zero-order valence-corrected chi connectivity index (χ0v) is 19.8. The molecule has 4 heterocycles. The van der Waals surface area contributed by atoms with E-state index in [0.717, 1.165) is 55.5 Å². The van der Waals surface area contributed by atoms with E-state index >= 15 is 0 Å². The van der Waals surface area contributed by atoms with E-state index in [9.17, 15) is 9.59 Å². The number of pyridine rings is 1. The first-order valence-corrected chi connectivity index (χ1v) is 12.3. The molecule has 8 heteroatoms. The number of hydrogen-bond acceptors (Lipinski definition) is 5. The lowest BCUT2D eigenvalue weighted by Gasteiger charge is -2.37. The summed E-state index contributed by atoms with van der Waals surface area (Å²) in [4.78, 5) is 34.4. The van der Waals surface area contributed by atoms with Crippen molar-refractivity contribution in [2.24, 2.45) is 28.9 Å². The van der Waals surface area contributed by atoms with E-state index in [2.05, 4.69) is 11.1 Å². The topological polar surface area (TPSA) is 98.0 Å². The number of carbonyl (C=O) groups excluding carboxylic acids is 2. The summed E-state index contributed by atoms with van der Waals surface area (Å²) in [6, 6.07) is 1.73. The molecule has 0 spiro atoms. The Bertz CT molecular complexity index is 924. The van der Waals surface area contributed by atoms with Crippen LogP contribution in [0.5, 0.6) is 0 Å². The van der Waals surface area contributed by atoms with E-state index in [1.807, 2.05) is 18.0 Å². The van der Waals surface area contributed by atoms with Gasteiger partial charge in [0.05, 0.1) is 18.1 Å². The van der Waals surface area contributed by atoms with Gasteiger partial charge in [-0.05, 0) is 61.5 Å². The molecule has 2 N–H and O–H groups in total. The highest BCUT2D eigenvalue weighted by molar-refractivity contribution is 5.86. The van der Waals surface area contributed by atoms with Crippen molar-refractivity contribution in [3.63, 3.8) is 0 Å². The predicted octanol–water partition coefficient (Wildman–Crippen LogP) is 2.12. The number of primary amides is 1. The molecular formula is C25H36N4O4. The molecule has 8 nitrogen and oxygen atoms in total. The van der Waals surface area contributed by atoms with E-state index in [1.54, 1.807) is 12.0 Å². The molecule has 33 heavy (non-hydrogen) atoms.